The number of hydrogen-bond acceptors (Lipinski definition) is 3. The molecule has 2 rings (SSSR count). The Morgan fingerprint density at radius 3 is 2.72 bits per heavy atom. The van der Waals surface area contributed by atoms with Crippen molar-refractivity contribution < 1.29 is 14.7 Å². The van der Waals surface area contributed by atoms with Gasteiger partial charge in [-0.2, -0.15) is 0 Å². The molecule has 1 aromatic carbocycles. The second-order valence-electron chi connectivity index (χ2n) is 3.91. The van der Waals surface area contributed by atoms with Gasteiger partial charge in [0.05, 0.1) is 5.52 Å². The number of carbonyl (C=O) groups is 2. The quantitative estimate of drug-likeness (QED) is 0.660. The summed E-state index contributed by atoms with van der Waals surface area (Å²) in [5, 5.41) is 9.40. The number of nitrogens with zero attached hydrogens (tertiary/aromatic N) is 1. The Kier molecular flexibility index (Phi) is 3.19. The largest absolute Gasteiger partial charge is 0.475 e. The lowest BCUT2D eigenvalue weighted by molar-refractivity contribution is -0.146. The first-order valence-electron chi connectivity index (χ1n) is 5.39. The zero-order valence-corrected chi connectivity index (χ0v) is 9.75. The summed E-state index contributed by atoms with van der Waals surface area (Å²) < 4.78 is 0. The average molecular weight is 241 g/mol. The predicted molar refractivity (Wildman–Crippen MR) is 68.2 cm³/mol. The van der Waals surface area contributed by atoms with Crippen molar-refractivity contribution in [3.63, 3.8) is 0 Å². The second-order valence-corrected chi connectivity index (χ2v) is 3.91. The van der Waals surface area contributed by atoms with Crippen LogP contribution in [0.25, 0.3) is 17.0 Å². The molecule has 0 saturated heterocycles. The highest BCUT2D eigenvalue weighted by Gasteiger charge is 2.05. The zero-order chi connectivity index (χ0) is 13.1. The Balaban J connectivity index is 2.33. The molecule has 4 heteroatoms. The first-order valence-corrected chi connectivity index (χ1v) is 5.39. The average Bonchev–Trinajstić information content (AvgIpc) is 2.35. The Hall–Kier alpha value is -2.49. The molecule has 0 radical (unpaired) electrons. The van der Waals surface area contributed by atoms with Crippen LogP contribution in [-0.4, -0.2) is 21.8 Å². The first-order chi connectivity index (χ1) is 8.56. The van der Waals surface area contributed by atoms with E-state index in [1.54, 1.807) is 6.07 Å². The highest BCUT2D eigenvalue weighted by Crippen LogP contribution is 2.15. The minimum atomic E-state index is -1.45. The van der Waals surface area contributed by atoms with Crippen molar-refractivity contribution in [3.05, 3.63) is 47.7 Å². The molecule has 4 nitrogen and oxygen atoms in total. The summed E-state index contributed by atoms with van der Waals surface area (Å²) in [6, 6.07) is 9.33. The van der Waals surface area contributed by atoms with E-state index in [4.69, 9.17) is 5.11 Å². The smallest absolute Gasteiger partial charge is 0.376 e. The maximum Gasteiger partial charge on any atom is 0.376 e. The van der Waals surface area contributed by atoms with Gasteiger partial charge in [-0.1, -0.05) is 18.2 Å². The van der Waals surface area contributed by atoms with Crippen LogP contribution in [0.2, 0.25) is 0 Å². The molecule has 0 aliphatic heterocycles. The SMILES string of the molecule is Cc1ccc2cc(/C=C/C(=O)C(=O)O)ccc2n1. The Morgan fingerprint density at radius 2 is 2.00 bits per heavy atom. The molecule has 0 fully saturated rings. The van der Waals surface area contributed by atoms with Gasteiger partial charge in [-0.3, -0.25) is 9.78 Å². The molecule has 1 N–H and O–H groups in total. The maximum absolute atomic E-state index is 10.9. The van der Waals surface area contributed by atoms with Gasteiger partial charge in [-0.25, -0.2) is 4.79 Å². The van der Waals surface area contributed by atoms with Gasteiger partial charge >= 0.3 is 5.97 Å². The van der Waals surface area contributed by atoms with E-state index >= 15 is 0 Å². The van der Waals surface area contributed by atoms with Crippen molar-refractivity contribution in [2.24, 2.45) is 0 Å². The predicted octanol–water partition coefficient (Wildman–Crippen LogP) is 2.21. The second kappa shape index (κ2) is 4.79. The number of carbonyl (C=O) groups excluding carboxylic acids is 1. The van der Waals surface area contributed by atoms with Crippen molar-refractivity contribution in [1.82, 2.24) is 4.98 Å². The normalized spacial score (nSPS) is 10.9. The van der Waals surface area contributed by atoms with Crippen LogP contribution in [0.4, 0.5) is 0 Å². The number of aryl methyl sites for hydroxylation is 1. The van der Waals surface area contributed by atoms with E-state index < -0.39 is 11.8 Å². The number of pyridine rings is 1. The number of hydrogen-bond donors (Lipinski definition) is 1. The van der Waals surface area contributed by atoms with Crippen LogP contribution < -0.4 is 0 Å². The molecule has 1 aromatic heterocycles. The molecule has 0 spiro atoms. The highest BCUT2D eigenvalue weighted by atomic mass is 16.4. The fourth-order valence-electron chi connectivity index (χ4n) is 1.59. The number of benzene rings is 1. The van der Waals surface area contributed by atoms with Gasteiger partial charge in [-0.05, 0) is 36.8 Å². The van der Waals surface area contributed by atoms with Gasteiger partial charge in [-0.15, -0.1) is 0 Å². The van der Waals surface area contributed by atoms with E-state index in [0.29, 0.717) is 0 Å². The third-order valence-electron chi connectivity index (χ3n) is 2.49. The monoisotopic (exact) mass is 241 g/mol. The number of aliphatic carboxylic acids is 1. The number of ketones is 1. The molecule has 0 atom stereocenters. The lowest BCUT2D eigenvalue weighted by Crippen LogP contribution is -2.08. The third kappa shape index (κ3) is 2.60. The number of carboxylic acids is 1. The van der Waals surface area contributed by atoms with Crippen molar-refractivity contribution in [1.29, 1.82) is 0 Å². The molecule has 0 aliphatic carbocycles. The standard InChI is InChI=1S/C14H11NO3/c1-9-2-5-11-8-10(3-6-12(11)15-9)4-7-13(16)14(17)18/h2-8H,1H3,(H,17,18)/b7-4+. The van der Waals surface area contributed by atoms with Crippen LogP contribution in [0.5, 0.6) is 0 Å². The number of rotatable bonds is 3. The van der Waals surface area contributed by atoms with Gasteiger partial charge in [0.15, 0.2) is 0 Å². The van der Waals surface area contributed by atoms with Gasteiger partial charge in [0, 0.05) is 11.1 Å². The maximum atomic E-state index is 10.9. The lowest BCUT2D eigenvalue weighted by atomic mass is 10.1. The Labute approximate surface area is 104 Å². The zero-order valence-electron chi connectivity index (χ0n) is 9.75. The fourth-order valence-corrected chi connectivity index (χ4v) is 1.59. The van der Waals surface area contributed by atoms with Crippen molar-refractivity contribution in [2.75, 3.05) is 0 Å². The molecule has 0 unspecified atom stereocenters. The Bertz CT molecular complexity index is 659. The fraction of sp³-hybridized carbons (Fsp3) is 0.0714. The van der Waals surface area contributed by atoms with Crippen LogP contribution in [0.1, 0.15) is 11.3 Å². The van der Waals surface area contributed by atoms with E-state index in [1.165, 1.54) is 6.08 Å². The van der Waals surface area contributed by atoms with E-state index in [1.807, 2.05) is 31.2 Å². The molecule has 0 saturated carbocycles. The molecule has 2 aromatic rings. The summed E-state index contributed by atoms with van der Waals surface area (Å²) in [6.45, 7) is 1.92. The summed E-state index contributed by atoms with van der Waals surface area (Å²) in [4.78, 5) is 25.6. The molecule has 90 valence electrons. The van der Waals surface area contributed by atoms with Crippen LogP contribution in [0, 0.1) is 6.92 Å². The van der Waals surface area contributed by atoms with Gasteiger partial charge in [0.1, 0.15) is 0 Å². The Morgan fingerprint density at radius 1 is 1.22 bits per heavy atom. The third-order valence-corrected chi connectivity index (χ3v) is 2.49. The van der Waals surface area contributed by atoms with E-state index in [2.05, 4.69) is 4.98 Å². The van der Waals surface area contributed by atoms with Gasteiger partial charge in [0.2, 0.25) is 0 Å². The van der Waals surface area contributed by atoms with E-state index in [0.717, 1.165) is 28.2 Å². The molecule has 0 bridgehead atoms. The molecular formula is C14H11NO3. The minimum Gasteiger partial charge on any atom is -0.475 e. The lowest BCUT2D eigenvalue weighted by Gasteiger charge is -2.00. The van der Waals surface area contributed by atoms with Crippen LogP contribution in [0.3, 0.4) is 0 Å². The summed E-state index contributed by atoms with van der Waals surface area (Å²) in [5.41, 5.74) is 2.58. The molecule has 0 amide bonds. The number of aromatic nitrogens is 1. The van der Waals surface area contributed by atoms with E-state index in [9.17, 15) is 9.59 Å². The highest BCUT2D eigenvalue weighted by molar-refractivity contribution is 6.38. The van der Waals surface area contributed by atoms with Crippen LogP contribution >= 0.6 is 0 Å². The summed E-state index contributed by atoms with van der Waals surface area (Å²) in [6.07, 6.45) is 2.53. The summed E-state index contributed by atoms with van der Waals surface area (Å²) in [7, 11) is 0. The van der Waals surface area contributed by atoms with Crippen LogP contribution in [-0.2, 0) is 9.59 Å². The first kappa shape index (κ1) is 12.0. The molecule has 0 aliphatic rings. The summed E-state index contributed by atoms with van der Waals surface area (Å²) >= 11 is 0. The summed E-state index contributed by atoms with van der Waals surface area (Å²) in [5.74, 6) is -2.39. The number of fused-ring (bicyclic) bond motifs is 1. The van der Waals surface area contributed by atoms with Crippen molar-refractivity contribution >= 4 is 28.7 Å². The molecule has 18 heavy (non-hydrogen) atoms. The minimum absolute atomic E-state index is 0.766. The van der Waals surface area contributed by atoms with Crippen molar-refractivity contribution in [2.45, 2.75) is 6.92 Å². The molecule has 1 heterocycles. The van der Waals surface area contributed by atoms with Gasteiger partial charge in [0.25, 0.3) is 5.78 Å². The van der Waals surface area contributed by atoms with E-state index in [-0.39, 0.29) is 0 Å². The van der Waals surface area contributed by atoms with Crippen molar-refractivity contribution in [3.8, 4) is 0 Å². The van der Waals surface area contributed by atoms with Gasteiger partial charge < -0.3 is 5.11 Å². The topological polar surface area (TPSA) is 67.3 Å². The number of carboxylic acid groups (broad SMARTS) is 1. The van der Waals surface area contributed by atoms with Crippen LogP contribution in [0.15, 0.2) is 36.4 Å². The molecular weight excluding hydrogens is 230 g/mol.